The number of fused-ring (bicyclic) bond motifs is 1. The highest BCUT2D eigenvalue weighted by Gasteiger charge is 2.10. The second kappa shape index (κ2) is 7.53. The second-order valence-corrected chi connectivity index (χ2v) is 6.33. The first-order valence-corrected chi connectivity index (χ1v) is 8.59. The van der Waals surface area contributed by atoms with Crippen LogP contribution in [0.2, 0.25) is 0 Å². The molecule has 0 bridgehead atoms. The molecule has 3 N–H and O–H groups in total. The van der Waals surface area contributed by atoms with E-state index in [1.807, 2.05) is 51.5 Å². The van der Waals surface area contributed by atoms with Crippen molar-refractivity contribution in [2.75, 3.05) is 11.9 Å². The fourth-order valence-corrected chi connectivity index (χ4v) is 2.73. The molecule has 2 aromatic heterocycles. The molecule has 1 unspecified atom stereocenters. The standard InChI is InChI=1S/C19H23N5O2/c1-4-16(25)10-20-19(26)23-15-5-6-18-13(7-15)8-17(12(2)22-18)14-9-21-24(3)11-14/h5-9,11,16,25H,4,10H2,1-3H3,(H2,20,23,26). The Morgan fingerprint density at radius 3 is 2.85 bits per heavy atom. The van der Waals surface area contributed by atoms with E-state index in [0.29, 0.717) is 12.1 Å². The SMILES string of the molecule is CCC(O)CNC(=O)Nc1ccc2nc(C)c(-c3cnn(C)c3)cc2c1. The van der Waals surface area contributed by atoms with Crippen molar-refractivity contribution in [1.82, 2.24) is 20.1 Å². The molecule has 1 aromatic carbocycles. The first kappa shape index (κ1) is 17.9. The first-order valence-electron chi connectivity index (χ1n) is 8.59. The van der Waals surface area contributed by atoms with E-state index in [9.17, 15) is 9.90 Å². The number of aryl methyl sites for hydroxylation is 2. The molecule has 0 radical (unpaired) electrons. The van der Waals surface area contributed by atoms with Crippen LogP contribution in [0, 0.1) is 6.92 Å². The average Bonchev–Trinajstić information content (AvgIpc) is 3.05. The number of anilines is 1. The van der Waals surface area contributed by atoms with Crippen LogP contribution in [0.5, 0.6) is 0 Å². The Kier molecular flexibility index (Phi) is 5.18. The summed E-state index contributed by atoms with van der Waals surface area (Å²) in [6.07, 6.45) is 3.82. The Bertz CT molecular complexity index is 935. The Hall–Kier alpha value is -2.93. The topological polar surface area (TPSA) is 92.1 Å². The van der Waals surface area contributed by atoms with Crippen LogP contribution in [-0.4, -0.2) is 38.6 Å². The van der Waals surface area contributed by atoms with Gasteiger partial charge >= 0.3 is 6.03 Å². The molecule has 7 nitrogen and oxygen atoms in total. The van der Waals surface area contributed by atoms with E-state index in [-0.39, 0.29) is 12.6 Å². The number of urea groups is 1. The summed E-state index contributed by atoms with van der Waals surface area (Å²) in [5.41, 5.74) is 4.48. The predicted molar refractivity (Wildman–Crippen MR) is 102 cm³/mol. The summed E-state index contributed by atoms with van der Waals surface area (Å²) in [4.78, 5) is 16.6. The number of aromatic nitrogens is 3. The summed E-state index contributed by atoms with van der Waals surface area (Å²) in [5.74, 6) is 0. The van der Waals surface area contributed by atoms with Crippen LogP contribution < -0.4 is 10.6 Å². The molecular formula is C19H23N5O2. The number of carbonyl (C=O) groups excluding carboxylic acids is 1. The van der Waals surface area contributed by atoms with Gasteiger partial charge in [-0.2, -0.15) is 5.10 Å². The minimum atomic E-state index is -0.536. The molecule has 3 aromatic rings. The fraction of sp³-hybridized carbons (Fsp3) is 0.316. The Balaban J connectivity index is 1.83. The van der Waals surface area contributed by atoms with E-state index in [1.54, 1.807) is 4.68 Å². The third-order valence-electron chi connectivity index (χ3n) is 4.25. The number of hydrogen-bond acceptors (Lipinski definition) is 4. The molecule has 0 spiro atoms. The van der Waals surface area contributed by atoms with Crippen molar-refractivity contribution < 1.29 is 9.90 Å². The van der Waals surface area contributed by atoms with Gasteiger partial charge in [0.2, 0.25) is 0 Å². The number of pyridine rings is 1. The molecule has 0 aliphatic heterocycles. The molecule has 136 valence electrons. The zero-order chi connectivity index (χ0) is 18.7. The van der Waals surface area contributed by atoms with Gasteiger partial charge in [0.15, 0.2) is 0 Å². The average molecular weight is 353 g/mol. The van der Waals surface area contributed by atoms with E-state index in [0.717, 1.165) is 27.7 Å². The van der Waals surface area contributed by atoms with Crippen LogP contribution in [0.4, 0.5) is 10.5 Å². The number of aliphatic hydroxyl groups excluding tert-OH is 1. The maximum Gasteiger partial charge on any atom is 0.319 e. The molecule has 0 aliphatic rings. The molecular weight excluding hydrogens is 330 g/mol. The van der Waals surface area contributed by atoms with Crippen LogP contribution in [0.1, 0.15) is 19.0 Å². The van der Waals surface area contributed by atoms with E-state index in [4.69, 9.17) is 0 Å². The second-order valence-electron chi connectivity index (χ2n) is 6.33. The van der Waals surface area contributed by atoms with Gasteiger partial charge in [0, 0.05) is 47.7 Å². The van der Waals surface area contributed by atoms with Gasteiger partial charge in [-0.3, -0.25) is 9.67 Å². The Labute approximate surface area is 152 Å². The summed E-state index contributed by atoms with van der Waals surface area (Å²) >= 11 is 0. The largest absolute Gasteiger partial charge is 0.391 e. The lowest BCUT2D eigenvalue weighted by Crippen LogP contribution is -2.34. The molecule has 0 aliphatic carbocycles. The maximum atomic E-state index is 12.0. The third kappa shape index (κ3) is 4.00. The monoisotopic (exact) mass is 353 g/mol. The van der Waals surface area contributed by atoms with Gasteiger partial charge in [0.1, 0.15) is 0 Å². The van der Waals surface area contributed by atoms with Crippen LogP contribution in [0.3, 0.4) is 0 Å². The molecule has 26 heavy (non-hydrogen) atoms. The van der Waals surface area contributed by atoms with Gasteiger partial charge in [-0.15, -0.1) is 0 Å². The smallest absolute Gasteiger partial charge is 0.319 e. The number of nitrogens with zero attached hydrogens (tertiary/aromatic N) is 3. The van der Waals surface area contributed by atoms with Crippen LogP contribution in [-0.2, 0) is 7.05 Å². The van der Waals surface area contributed by atoms with Gasteiger partial charge in [-0.1, -0.05) is 6.92 Å². The molecule has 3 rings (SSSR count). The summed E-state index contributed by atoms with van der Waals surface area (Å²) in [6, 6.07) is 7.29. The molecule has 2 heterocycles. The molecule has 1 atom stereocenters. The third-order valence-corrected chi connectivity index (χ3v) is 4.25. The van der Waals surface area contributed by atoms with Crippen molar-refractivity contribution in [3.63, 3.8) is 0 Å². The van der Waals surface area contributed by atoms with Gasteiger partial charge < -0.3 is 15.7 Å². The zero-order valence-electron chi connectivity index (χ0n) is 15.2. The predicted octanol–water partition coefficient (Wildman–Crippen LogP) is 2.84. The maximum absolute atomic E-state index is 12.0. The lowest BCUT2D eigenvalue weighted by molar-refractivity contribution is 0.168. The number of aliphatic hydroxyl groups is 1. The van der Waals surface area contributed by atoms with Crippen molar-refractivity contribution in [1.29, 1.82) is 0 Å². The molecule has 0 fully saturated rings. The van der Waals surface area contributed by atoms with Crippen LogP contribution >= 0.6 is 0 Å². The fourth-order valence-electron chi connectivity index (χ4n) is 2.73. The van der Waals surface area contributed by atoms with Gasteiger partial charge in [0.25, 0.3) is 0 Å². The van der Waals surface area contributed by atoms with Gasteiger partial charge in [-0.05, 0) is 37.6 Å². The minimum Gasteiger partial charge on any atom is -0.391 e. The Morgan fingerprint density at radius 2 is 2.15 bits per heavy atom. The van der Waals surface area contributed by atoms with Crippen molar-refractivity contribution in [3.05, 3.63) is 42.4 Å². The summed E-state index contributed by atoms with van der Waals surface area (Å²) in [5, 5.41) is 20.1. The normalized spacial score (nSPS) is 12.2. The molecule has 0 saturated heterocycles. The molecule has 0 saturated carbocycles. The summed E-state index contributed by atoms with van der Waals surface area (Å²) in [7, 11) is 1.88. The van der Waals surface area contributed by atoms with Gasteiger partial charge in [0.05, 0.1) is 17.8 Å². The lowest BCUT2D eigenvalue weighted by Gasteiger charge is -2.12. The van der Waals surface area contributed by atoms with Crippen LogP contribution in [0.25, 0.3) is 22.0 Å². The van der Waals surface area contributed by atoms with E-state index >= 15 is 0 Å². The lowest BCUT2D eigenvalue weighted by atomic mass is 10.0. The zero-order valence-corrected chi connectivity index (χ0v) is 15.2. The highest BCUT2D eigenvalue weighted by molar-refractivity contribution is 5.93. The minimum absolute atomic E-state index is 0.224. The Morgan fingerprint density at radius 1 is 1.35 bits per heavy atom. The highest BCUT2D eigenvalue weighted by Crippen LogP contribution is 2.27. The highest BCUT2D eigenvalue weighted by atomic mass is 16.3. The van der Waals surface area contributed by atoms with Crippen molar-refractivity contribution >= 4 is 22.6 Å². The van der Waals surface area contributed by atoms with E-state index in [2.05, 4.69) is 26.8 Å². The van der Waals surface area contributed by atoms with Crippen molar-refractivity contribution in [2.45, 2.75) is 26.4 Å². The summed E-state index contributed by atoms with van der Waals surface area (Å²) < 4.78 is 1.76. The summed E-state index contributed by atoms with van der Waals surface area (Å²) in [6.45, 7) is 4.06. The van der Waals surface area contributed by atoms with E-state index in [1.165, 1.54) is 0 Å². The number of nitrogens with one attached hydrogen (secondary N) is 2. The molecule has 2 amide bonds. The number of amides is 2. The quantitative estimate of drug-likeness (QED) is 0.658. The number of hydrogen-bond donors (Lipinski definition) is 3. The van der Waals surface area contributed by atoms with Crippen LogP contribution in [0.15, 0.2) is 36.7 Å². The molecule has 7 heteroatoms. The van der Waals surface area contributed by atoms with E-state index < -0.39 is 6.10 Å². The number of benzene rings is 1. The first-order chi connectivity index (χ1) is 12.5. The van der Waals surface area contributed by atoms with Crippen molar-refractivity contribution in [2.24, 2.45) is 7.05 Å². The number of carbonyl (C=O) groups is 1. The van der Waals surface area contributed by atoms with Gasteiger partial charge in [-0.25, -0.2) is 4.79 Å². The number of rotatable bonds is 5. The van der Waals surface area contributed by atoms with Crippen molar-refractivity contribution in [3.8, 4) is 11.1 Å².